The number of aryl methyl sites for hydroxylation is 1. The van der Waals surface area contributed by atoms with Crippen molar-refractivity contribution in [3.8, 4) is 0 Å². The van der Waals surface area contributed by atoms with Gasteiger partial charge in [0.25, 0.3) is 0 Å². The number of aromatic nitrogens is 2. The molecule has 3 nitrogen and oxygen atoms in total. The Morgan fingerprint density at radius 2 is 2.06 bits per heavy atom. The fraction of sp³-hybridized carbons (Fsp3) is 0.167. The zero-order chi connectivity index (χ0) is 13.1. The molecule has 0 saturated heterocycles. The van der Waals surface area contributed by atoms with Crippen molar-refractivity contribution < 1.29 is 0 Å². The first-order valence-corrected chi connectivity index (χ1v) is 6.89. The van der Waals surface area contributed by atoms with Crippen LogP contribution in [0.5, 0.6) is 0 Å². The van der Waals surface area contributed by atoms with E-state index >= 15 is 0 Å². The molecule has 0 atom stereocenters. The van der Waals surface area contributed by atoms with Crippen LogP contribution in [-0.2, 0) is 6.42 Å². The van der Waals surface area contributed by atoms with Crippen LogP contribution in [0.2, 0.25) is 10.0 Å². The summed E-state index contributed by atoms with van der Waals surface area (Å²) in [6.45, 7) is 2.00. The van der Waals surface area contributed by atoms with Crippen LogP contribution in [0.1, 0.15) is 12.7 Å². The van der Waals surface area contributed by atoms with E-state index in [-0.39, 0.29) is 0 Å². The SMILES string of the molecule is CCc1nc(Br)cc(Nc2cccc(Cl)c2Cl)n1. The van der Waals surface area contributed by atoms with Gasteiger partial charge in [-0.25, -0.2) is 9.97 Å². The van der Waals surface area contributed by atoms with Crippen LogP contribution in [0.25, 0.3) is 0 Å². The van der Waals surface area contributed by atoms with Gasteiger partial charge in [0.1, 0.15) is 16.2 Å². The molecule has 0 bridgehead atoms. The molecule has 0 aliphatic rings. The Bertz CT molecular complexity index is 575. The number of anilines is 2. The van der Waals surface area contributed by atoms with E-state index in [1.54, 1.807) is 12.1 Å². The second kappa shape index (κ2) is 5.87. The first-order valence-electron chi connectivity index (χ1n) is 5.34. The van der Waals surface area contributed by atoms with Gasteiger partial charge in [0.15, 0.2) is 0 Å². The molecular weight excluding hydrogens is 337 g/mol. The van der Waals surface area contributed by atoms with Crippen LogP contribution in [0, 0.1) is 0 Å². The zero-order valence-corrected chi connectivity index (χ0v) is 12.6. The van der Waals surface area contributed by atoms with Crippen LogP contribution in [0.3, 0.4) is 0 Å². The highest BCUT2D eigenvalue weighted by atomic mass is 79.9. The second-order valence-electron chi connectivity index (χ2n) is 3.57. The summed E-state index contributed by atoms with van der Waals surface area (Å²) in [6, 6.07) is 7.20. The summed E-state index contributed by atoms with van der Waals surface area (Å²) in [4.78, 5) is 8.60. The van der Waals surface area contributed by atoms with E-state index in [0.29, 0.717) is 15.9 Å². The Morgan fingerprint density at radius 1 is 1.28 bits per heavy atom. The van der Waals surface area contributed by atoms with E-state index in [9.17, 15) is 0 Å². The lowest BCUT2D eigenvalue weighted by Gasteiger charge is -2.09. The normalized spacial score (nSPS) is 10.4. The average Bonchev–Trinajstić information content (AvgIpc) is 2.34. The van der Waals surface area contributed by atoms with E-state index in [4.69, 9.17) is 23.2 Å². The molecule has 0 unspecified atom stereocenters. The highest BCUT2D eigenvalue weighted by Crippen LogP contribution is 2.31. The fourth-order valence-corrected chi connectivity index (χ4v) is 2.19. The third kappa shape index (κ3) is 3.13. The summed E-state index contributed by atoms with van der Waals surface area (Å²) in [5.41, 5.74) is 0.719. The van der Waals surface area contributed by atoms with Crippen molar-refractivity contribution in [1.82, 2.24) is 9.97 Å². The Balaban J connectivity index is 2.34. The average molecular weight is 347 g/mol. The van der Waals surface area contributed by atoms with Crippen molar-refractivity contribution in [3.05, 3.63) is 44.7 Å². The monoisotopic (exact) mass is 345 g/mol. The largest absolute Gasteiger partial charge is 0.339 e. The van der Waals surface area contributed by atoms with Gasteiger partial charge in [-0.1, -0.05) is 36.2 Å². The molecule has 0 amide bonds. The minimum atomic E-state index is 0.479. The molecule has 0 fully saturated rings. The van der Waals surface area contributed by atoms with Gasteiger partial charge in [0, 0.05) is 12.5 Å². The molecular formula is C12H10BrCl2N3. The topological polar surface area (TPSA) is 37.8 Å². The van der Waals surface area contributed by atoms with Crippen molar-refractivity contribution >= 4 is 50.6 Å². The van der Waals surface area contributed by atoms with Gasteiger partial charge in [-0.2, -0.15) is 0 Å². The highest BCUT2D eigenvalue weighted by Gasteiger charge is 2.07. The Labute approximate surface area is 124 Å². The Kier molecular flexibility index (Phi) is 4.43. The van der Waals surface area contributed by atoms with Crippen LogP contribution in [-0.4, -0.2) is 9.97 Å². The molecule has 0 radical (unpaired) electrons. The number of nitrogens with one attached hydrogen (secondary N) is 1. The van der Waals surface area contributed by atoms with Gasteiger partial charge in [0.05, 0.1) is 15.7 Å². The minimum Gasteiger partial charge on any atom is -0.339 e. The highest BCUT2D eigenvalue weighted by molar-refractivity contribution is 9.10. The molecule has 1 N–H and O–H groups in total. The Morgan fingerprint density at radius 3 is 2.78 bits per heavy atom. The lowest BCUT2D eigenvalue weighted by atomic mass is 10.3. The maximum Gasteiger partial charge on any atom is 0.135 e. The number of halogens is 3. The molecule has 0 saturated carbocycles. The lowest BCUT2D eigenvalue weighted by molar-refractivity contribution is 0.931. The molecule has 1 heterocycles. The minimum absolute atomic E-state index is 0.479. The molecule has 0 spiro atoms. The molecule has 1 aromatic heterocycles. The van der Waals surface area contributed by atoms with Gasteiger partial charge in [-0.15, -0.1) is 0 Å². The maximum absolute atomic E-state index is 6.11. The van der Waals surface area contributed by atoms with E-state index in [1.807, 2.05) is 19.1 Å². The van der Waals surface area contributed by atoms with E-state index in [2.05, 4.69) is 31.2 Å². The van der Waals surface area contributed by atoms with Crippen molar-refractivity contribution in [2.24, 2.45) is 0 Å². The number of nitrogens with zero attached hydrogens (tertiary/aromatic N) is 2. The third-order valence-electron chi connectivity index (χ3n) is 2.27. The summed E-state index contributed by atoms with van der Waals surface area (Å²) in [7, 11) is 0. The van der Waals surface area contributed by atoms with E-state index in [1.165, 1.54) is 0 Å². The van der Waals surface area contributed by atoms with E-state index < -0.39 is 0 Å². The summed E-state index contributed by atoms with van der Waals surface area (Å²) >= 11 is 15.4. The summed E-state index contributed by atoms with van der Waals surface area (Å²) in [5, 5.41) is 4.11. The van der Waals surface area contributed by atoms with Crippen LogP contribution in [0.4, 0.5) is 11.5 Å². The van der Waals surface area contributed by atoms with Crippen LogP contribution < -0.4 is 5.32 Å². The number of hydrogen-bond acceptors (Lipinski definition) is 3. The molecule has 0 aliphatic heterocycles. The first-order chi connectivity index (χ1) is 8.60. The summed E-state index contributed by atoms with van der Waals surface area (Å²) in [5.74, 6) is 1.43. The van der Waals surface area contributed by atoms with E-state index in [0.717, 1.165) is 22.5 Å². The van der Waals surface area contributed by atoms with Crippen molar-refractivity contribution in [2.45, 2.75) is 13.3 Å². The molecule has 2 aromatic rings. The molecule has 6 heteroatoms. The van der Waals surface area contributed by atoms with Crippen molar-refractivity contribution in [2.75, 3.05) is 5.32 Å². The van der Waals surface area contributed by atoms with Crippen LogP contribution >= 0.6 is 39.1 Å². The zero-order valence-electron chi connectivity index (χ0n) is 9.54. The van der Waals surface area contributed by atoms with Gasteiger partial charge >= 0.3 is 0 Å². The van der Waals surface area contributed by atoms with Gasteiger partial charge in [0.2, 0.25) is 0 Å². The van der Waals surface area contributed by atoms with Crippen LogP contribution in [0.15, 0.2) is 28.9 Å². The molecule has 18 heavy (non-hydrogen) atoms. The lowest BCUT2D eigenvalue weighted by Crippen LogP contribution is -2.00. The molecule has 94 valence electrons. The predicted octanol–water partition coefficient (Wildman–Crippen LogP) is 4.85. The smallest absolute Gasteiger partial charge is 0.135 e. The predicted molar refractivity (Wildman–Crippen MR) is 78.9 cm³/mol. The van der Waals surface area contributed by atoms with Crippen molar-refractivity contribution in [1.29, 1.82) is 0 Å². The molecule has 2 rings (SSSR count). The second-order valence-corrected chi connectivity index (χ2v) is 5.17. The maximum atomic E-state index is 6.11. The fourth-order valence-electron chi connectivity index (χ4n) is 1.43. The van der Waals surface area contributed by atoms with Gasteiger partial charge < -0.3 is 5.32 Å². The first kappa shape index (κ1) is 13.6. The summed E-state index contributed by atoms with van der Waals surface area (Å²) < 4.78 is 0.731. The number of hydrogen-bond donors (Lipinski definition) is 1. The molecule has 0 aliphatic carbocycles. The Hall–Kier alpha value is -0.840. The number of benzene rings is 1. The van der Waals surface area contributed by atoms with Gasteiger partial charge in [-0.3, -0.25) is 0 Å². The van der Waals surface area contributed by atoms with Gasteiger partial charge in [-0.05, 0) is 28.1 Å². The third-order valence-corrected chi connectivity index (χ3v) is 3.50. The van der Waals surface area contributed by atoms with Crippen molar-refractivity contribution in [3.63, 3.8) is 0 Å². The summed E-state index contributed by atoms with van der Waals surface area (Å²) in [6.07, 6.45) is 0.761. The molecule has 1 aromatic carbocycles. The standard InChI is InChI=1S/C12H10BrCl2N3/c1-2-10-17-9(13)6-11(18-10)16-8-5-3-4-7(14)12(8)15/h3-6H,2H2,1H3,(H,16,17,18). The quantitative estimate of drug-likeness (QED) is 0.807. The number of rotatable bonds is 3.